The van der Waals surface area contributed by atoms with Crippen LogP contribution in [0.5, 0.6) is 11.5 Å². The van der Waals surface area contributed by atoms with E-state index in [2.05, 4.69) is 4.99 Å². The van der Waals surface area contributed by atoms with Crippen molar-refractivity contribution < 1.29 is 23.4 Å². The maximum Gasteiger partial charge on any atom is 0.363 e. The lowest BCUT2D eigenvalue weighted by Crippen LogP contribution is -2.05. The number of benzene rings is 4. The van der Waals surface area contributed by atoms with E-state index >= 15 is 0 Å². The maximum atomic E-state index is 13.3. The van der Waals surface area contributed by atoms with Crippen molar-refractivity contribution in [1.29, 1.82) is 0 Å². The maximum absolute atomic E-state index is 13.3. The highest BCUT2D eigenvalue weighted by Crippen LogP contribution is 2.30. The number of carbonyl (C=O) groups is 1. The van der Waals surface area contributed by atoms with Crippen LogP contribution >= 0.6 is 0 Å². The molecule has 1 heterocycles. The highest BCUT2D eigenvalue weighted by atomic mass is 19.1. The van der Waals surface area contributed by atoms with Gasteiger partial charge in [-0.25, -0.2) is 14.2 Å². The second-order valence-electron chi connectivity index (χ2n) is 9.09. The van der Waals surface area contributed by atoms with Gasteiger partial charge in [-0.2, -0.15) is 0 Å². The summed E-state index contributed by atoms with van der Waals surface area (Å²) in [5.74, 6) is 0.332. The minimum Gasteiger partial charge on any atom is -0.489 e. The Morgan fingerprint density at radius 1 is 0.789 bits per heavy atom. The summed E-state index contributed by atoms with van der Waals surface area (Å²) in [4.78, 5) is 16.9. The van der Waals surface area contributed by atoms with Gasteiger partial charge >= 0.3 is 5.97 Å². The molecule has 0 N–H and O–H groups in total. The molecular formula is C32H26FNO4. The topological polar surface area (TPSA) is 57.1 Å². The molecule has 0 saturated carbocycles. The first-order valence-corrected chi connectivity index (χ1v) is 12.2. The number of aryl methyl sites for hydroxylation is 2. The van der Waals surface area contributed by atoms with Gasteiger partial charge in [-0.3, -0.25) is 0 Å². The molecule has 6 heteroatoms. The summed E-state index contributed by atoms with van der Waals surface area (Å²) in [5.41, 5.74) is 5.71. The highest BCUT2D eigenvalue weighted by Gasteiger charge is 2.24. The molecule has 190 valence electrons. The lowest BCUT2D eigenvalue weighted by molar-refractivity contribution is -0.129. The Bertz CT molecular complexity index is 1510. The first-order chi connectivity index (χ1) is 18.4. The predicted molar refractivity (Wildman–Crippen MR) is 144 cm³/mol. The third kappa shape index (κ3) is 6.16. The Morgan fingerprint density at radius 2 is 1.39 bits per heavy atom. The Kier molecular flexibility index (Phi) is 7.31. The summed E-state index contributed by atoms with van der Waals surface area (Å²) in [6.07, 6.45) is 1.62. The standard InChI is InChI=1S/C32H26FNO4/c1-21-3-7-23(8-4-21)19-36-28-16-13-26(30(18-28)37-20-24-9-5-22(2)6-10-24)17-29-32(35)38-31(34-29)25-11-14-27(33)15-12-25/h3-18H,19-20H2,1-2H3. The second kappa shape index (κ2) is 11.1. The van der Waals surface area contributed by atoms with Crippen LogP contribution in [0.25, 0.3) is 6.08 Å². The normalized spacial score (nSPS) is 13.8. The summed E-state index contributed by atoms with van der Waals surface area (Å²) in [7, 11) is 0. The Labute approximate surface area is 220 Å². The number of carbonyl (C=O) groups excluding carboxylic acids is 1. The molecule has 0 spiro atoms. The van der Waals surface area contributed by atoms with Gasteiger partial charge in [-0.05, 0) is 67.4 Å². The molecular weight excluding hydrogens is 481 g/mol. The fourth-order valence-electron chi connectivity index (χ4n) is 3.82. The SMILES string of the molecule is Cc1ccc(COc2ccc(C=C3N=C(c4ccc(F)cc4)OC3=O)c(OCc3ccc(C)cc3)c2)cc1. The average molecular weight is 508 g/mol. The van der Waals surface area contributed by atoms with Crippen molar-refractivity contribution in [2.75, 3.05) is 0 Å². The van der Waals surface area contributed by atoms with E-state index in [0.717, 1.165) is 11.1 Å². The minimum atomic E-state index is -0.589. The van der Waals surface area contributed by atoms with E-state index in [4.69, 9.17) is 14.2 Å². The molecule has 0 radical (unpaired) electrons. The molecule has 1 aliphatic heterocycles. The van der Waals surface area contributed by atoms with Gasteiger partial charge in [-0.15, -0.1) is 0 Å². The lowest BCUT2D eigenvalue weighted by atomic mass is 10.1. The van der Waals surface area contributed by atoms with Crippen molar-refractivity contribution in [2.45, 2.75) is 27.1 Å². The smallest absolute Gasteiger partial charge is 0.363 e. The van der Waals surface area contributed by atoms with E-state index in [1.165, 1.54) is 35.4 Å². The number of ether oxygens (including phenoxy) is 3. The fraction of sp³-hybridized carbons (Fsp3) is 0.125. The van der Waals surface area contributed by atoms with E-state index in [1.807, 2.05) is 74.5 Å². The molecule has 0 aliphatic carbocycles. The monoisotopic (exact) mass is 507 g/mol. The van der Waals surface area contributed by atoms with Crippen LogP contribution in [0.4, 0.5) is 4.39 Å². The van der Waals surface area contributed by atoms with Crippen molar-refractivity contribution >= 4 is 17.9 Å². The molecule has 5 rings (SSSR count). The van der Waals surface area contributed by atoms with Gasteiger partial charge in [0.2, 0.25) is 5.90 Å². The van der Waals surface area contributed by atoms with Crippen LogP contribution in [0.2, 0.25) is 0 Å². The first kappa shape index (κ1) is 25.0. The molecule has 4 aromatic rings. The van der Waals surface area contributed by atoms with E-state index in [9.17, 15) is 9.18 Å². The number of esters is 1. The second-order valence-corrected chi connectivity index (χ2v) is 9.09. The molecule has 5 nitrogen and oxygen atoms in total. The molecule has 0 atom stereocenters. The van der Waals surface area contributed by atoms with Crippen LogP contribution < -0.4 is 9.47 Å². The molecule has 0 fully saturated rings. The first-order valence-electron chi connectivity index (χ1n) is 12.2. The number of aliphatic imine (C=N–C) groups is 1. The summed E-state index contributed by atoms with van der Waals surface area (Å²) in [5, 5.41) is 0. The van der Waals surface area contributed by atoms with Gasteiger partial charge in [0.15, 0.2) is 5.70 Å². The van der Waals surface area contributed by atoms with Gasteiger partial charge in [0.25, 0.3) is 0 Å². The summed E-state index contributed by atoms with van der Waals surface area (Å²) in [6.45, 7) is 4.83. The van der Waals surface area contributed by atoms with E-state index in [1.54, 1.807) is 12.1 Å². The number of rotatable bonds is 8. The Balaban J connectivity index is 1.41. The largest absolute Gasteiger partial charge is 0.489 e. The van der Waals surface area contributed by atoms with Gasteiger partial charge in [0.05, 0.1) is 0 Å². The molecule has 0 aromatic heterocycles. The highest BCUT2D eigenvalue weighted by molar-refractivity contribution is 6.12. The van der Waals surface area contributed by atoms with Crippen LogP contribution in [-0.2, 0) is 22.7 Å². The van der Waals surface area contributed by atoms with Crippen molar-refractivity contribution in [3.63, 3.8) is 0 Å². The summed E-state index contributed by atoms with van der Waals surface area (Å²) >= 11 is 0. The average Bonchev–Trinajstić information content (AvgIpc) is 3.29. The van der Waals surface area contributed by atoms with Crippen LogP contribution in [0.15, 0.2) is 102 Å². The van der Waals surface area contributed by atoms with Crippen molar-refractivity contribution in [3.05, 3.63) is 136 Å². The van der Waals surface area contributed by atoms with Crippen LogP contribution in [-0.4, -0.2) is 11.9 Å². The summed E-state index contributed by atoms with van der Waals surface area (Å²) < 4.78 is 30.8. The Morgan fingerprint density at radius 3 is 2.03 bits per heavy atom. The van der Waals surface area contributed by atoms with Gasteiger partial charge in [0.1, 0.15) is 30.5 Å². The third-order valence-corrected chi connectivity index (χ3v) is 6.03. The molecule has 38 heavy (non-hydrogen) atoms. The quantitative estimate of drug-likeness (QED) is 0.191. The van der Waals surface area contributed by atoms with E-state index in [0.29, 0.717) is 35.8 Å². The van der Waals surface area contributed by atoms with Crippen LogP contribution in [0.3, 0.4) is 0 Å². The van der Waals surface area contributed by atoms with Crippen molar-refractivity contribution in [3.8, 4) is 11.5 Å². The molecule has 0 unspecified atom stereocenters. The van der Waals surface area contributed by atoms with Crippen molar-refractivity contribution in [2.24, 2.45) is 4.99 Å². The number of hydrogen-bond acceptors (Lipinski definition) is 5. The zero-order valence-electron chi connectivity index (χ0n) is 21.1. The third-order valence-electron chi connectivity index (χ3n) is 6.03. The van der Waals surface area contributed by atoms with Gasteiger partial charge < -0.3 is 14.2 Å². The Hall–Kier alpha value is -4.71. The van der Waals surface area contributed by atoms with Crippen LogP contribution in [0.1, 0.15) is 33.4 Å². The van der Waals surface area contributed by atoms with E-state index < -0.39 is 5.97 Å². The molecule has 0 saturated heterocycles. The number of cyclic esters (lactones) is 1. The minimum absolute atomic E-state index is 0.123. The number of nitrogens with zero attached hydrogens (tertiary/aromatic N) is 1. The zero-order valence-corrected chi connectivity index (χ0v) is 21.1. The summed E-state index contributed by atoms with van der Waals surface area (Å²) in [6, 6.07) is 27.3. The molecule has 0 amide bonds. The van der Waals surface area contributed by atoms with Gasteiger partial charge in [0, 0.05) is 17.2 Å². The fourth-order valence-corrected chi connectivity index (χ4v) is 3.82. The van der Waals surface area contributed by atoms with Gasteiger partial charge in [-0.1, -0.05) is 59.7 Å². The molecule has 1 aliphatic rings. The predicted octanol–water partition coefficient (Wildman–Crippen LogP) is 6.95. The van der Waals surface area contributed by atoms with Crippen molar-refractivity contribution in [1.82, 2.24) is 0 Å². The van der Waals surface area contributed by atoms with Crippen LogP contribution in [0, 0.1) is 19.7 Å². The zero-order chi connectivity index (χ0) is 26.5. The molecule has 4 aromatic carbocycles. The van der Waals surface area contributed by atoms with E-state index in [-0.39, 0.29) is 17.4 Å². The lowest BCUT2D eigenvalue weighted by Gasteiger charge is -2.13. The number of halogens is 1. The molecule has 0 bridgehead atoms. The number of hydrogen-bond donors (Lipinski definition) is 0.